The number of fused-ring (bicyclic) bond motifs is 2. The number of amides is 3. The van der Waals surface area contributed by atoms with E-state index in [1.165, 1.54) is 22.4 Å². The lowest BCUT2D eigenvalue weighted by atomic mass is 9.76. The number of pyridine rings is 1. The first kappa shape index (κ1) is 26.2. The number of benzene rings is 1. The van der Waals surface area contributed by atoms with Gasteiger partial charge in [-0.2, -0.15) is 0 Å². The van der Waals surface area contributed by atoms with Gasteiger partial charge in [-0.05, 0) is 101 Å². The standard InChI is InChI=1S/C27H31Br3N4O2/c28-20-12-18-1-2-19-13-21(29)15-32-26(19)25(24(18)22(30)14-20)17-5-9-33(10-6-17)23(35)11-16-3-7-34(8-4-16)27(31)36/h12-17,25H,1-11H2,(H2,31,36). The van der Waals surface area contributed by atoms with Crippen molar-refractivity contribution in [2.75, 3.05) is 26.2 Å². The molecule has 3 aliphatic rings. The van der Waals surface area contributed by atoms with Gasteiger partial charge in [-0.1, -0.05) is 31.9 Å². The van der Waals surface area contributed by atoms with Crippen LogP contribution in [0.5, 0.6) is 0 Å². The molecule has 5 rings (SSSR count). The van der Waals surface area contributed by atoms with E-state index in [1.807, 2.05) is 6.20 Å². The quantitative estimate of drug-likeness (QED) is 0.430. The van der Waals surface area contributed by atoms with Crippen molar-refractivity contribution >= 4 is 59.7 Å². The molecular weight excluding hydrogens is 652 g/mol. The molecule has 2 aromatic rings. The van der Waals surface area contributed by atoms with E-state index in [1.54, 1.807) is 4.90 Å². The molecule has 2 aliphatic heterocycles. The molecule has 36 heavy (non-hydrogen) atoms. The van der Waals surface area contributed by atoms with Crippen LogP contribution in [0.3, 0.4) is 0 Å². The molecule has 0 radical (unpaired) electrons. The number of aryl methyl sites for hydroxylation is 2. The van der Waals surface area contributed by atoms with Crippen LogP contribution in [-0.2, 0) is 17.6 Å². The molecule has 0 saturated carbocycles. The minimum Gasteiger partial charge on any atom is -0.351 e. The normalized spacial score (nSPS) is 21.0. The van der Waals surface area contributed by atoms with Gasteiger partial charge < -0.3 is 15.5 Å². The lowest BCUT2D eigenvalue weighted by Gasteiger charge is -2.38. The molecule has 1 aromatic carbocycles. The smallest absolute Gasteiger partial charge is 0.314 e. The van der Waals surface area contributed by atoms with Crippen molar-refractivity contribution in [2.24, 2.45) is 17.6 Å². The third-order valence-electron chi connectivity index (χ3n) is 8.17. The highest BCUT2D eigenvalue weighted by atomic mass is 79.9. The number of rotatable bonds is 3. The van der Waals surface area contributed by atoms with Gasteiger partial charge in [0.2, 0.25) is 5.91 Å². The van der Waals surface area contributed by atoms with Crippen LogP contribution in [0.4, 0.5) is 4.79 Å². The highest BCUT2D eigenvalue weighted by Gasteiger charge is 2.36. The maximum atomic E-state index is 13.1. The van der Waals surface area contributed by atoms with E-state index in [-0.39, 0.29) is 17.9 Å². The summed E-state index contributed by atoms with van der Waals surface area (Å²) in [5.41, 5.74) is 10.6. The largest absolute Gasteiger partial charge is 0.351 e. The van der Waals surface area contributed by atoms with Gasteiger partial charge in [-0.25, -0.2) is 4.79 Å². The molecule has 1 atom stereocenters. The summed E-state index contributed by atoms with van der Waals surface area (Å²) in [6, 6.07) is 6.28. The number of hydrogen-bond donors (Lipinski definition) is 1. The van der Waals surface area contributed by atoms with Gasteiger partial charge in [0.05, 0.1) is 5.69 Å². The molecule has 2 fully saturated rings. The first-order valence-corrected chi connectivity index (χ1v) is 15.1. The zero-order chi connectivity index (χ0) is 25.4. The number of urea groups is 1. The van der Waals surface area contributed by atoms with Crippen molar-refractivity contribution in [3.8, 4) is 0 Å². The number of nitrogens with zero attached hydrogens (tertiary/aromatic N) is 3. The topological polar surface area (TPSA) is 79.5 Å². The van der Waals surface area contributed by atoms with E-state index in [0.717, 1.165) is 65.0 Å². The van der Waals surface area contributed by atoms with Gasteiger partial charge in [0.1, 0.15) is 0 Å². The molecule has 9 heteroatoms. The van der Waals surface area contributed by atoms with E-state index < -0.39 is 0 Å². The first-order chi connectivity index (χ1) is 17.3. The summed E-state index contributed by atoms with van der Waals surface area (Å²) in [4.78, 5) is 33.2. The lowest BCUT2D eigenvalue weighted by Crippen LogP contribution is -2.44. The molecule has 0 spiro atoms. The van der Waals surface area contributed by atoms with E-state index >= 15 is 0 Å². The van der Waals surface area contributed by atoms with Gasteiger partial charge >= 0.3 is 6.03 Å². The average molecular weight is 683 g/mol. The summed E-state index contributed by atoms with van der Waals surface area (Å²) in [6.07, 6.45) is 8.09. The Labute approximate surface area is 237 Å². The van der Waals surface area contributed by atoms with Crippen LogP contribution in [0.25, 0.3) is 0 Å². The molecule has 1 aromatic heterocycles. The van der Waals surface area contributed by atoms with Gasteiger partial charge in [0.15, 0.2) is 0 Å². The van der Waals surface area contributed by atoms with Crippen LogP contribution >= 0.6 is 47.8 Å². The van der Waals surface area contributed by atoms with Crippen molar-refractivity contribution in [3.05, 3.63) is 60.2 Å². The maximum Gasteiger partial charge on any atom is 0.314 e. The van der Waals surface area contributed by atoms with Crippen LogP contribution in [0.2, 0.25) is 0 Å². The van der Waals surface area contributed by atoms with Crippen LogP contribution in [0.15, 0.2) is 37.8 Å². The van der Waals surface area contributed by atoms with Gasteiger partial charge in [0, 0.05) is 58.1 Å². The summed E-state index contributed by atoms with van der Waals surface area (Å²) in [5.74, 6) is 1.22. The fourth-order valence-corrected chi connectivity index (χ4v) is 8.19. The van der Waals surface area contributed by atoms with Crippen molar-refractivity contribution in [1.29, 1.82) is 0 Å². The Morgan fingerprint density at radius 3 is 2.22 bits per heavy atom. The second-order valence-electron chi connectivity index (χ2n) is 10.3. The van der Waals surface area contributed by atoms with E-state index in [9.17, 15) is 9.59 Å². The van der Waals surface area contributed by atoms with Crippen molar-refractivity contribution in [1.82, 2.24) is 14.8 Å². The van der Waals surface area contributed by atoms with Crippen LogP contribution < -0.4 is 5.73 Å². The second-order valence-corrected chi connectivity index (χ2v) is 13.0. The maximum absolute atomic E-state index is 13.1. The van der Waals surface area contributed by atoms with Gasteiger partial charge in [-0.15, -0.1) is 0 Å². The Morgan fingerprint density at radius 2 is 1.53 bits per heavy atom. The second kappa shape index (κ2) is 11.1. The highest BCUT2D eigenvalue weighted by Crippen LogP contribution is 2.46. The summed E-state index contributed by atoms with van der Waals surface area (Å²) >= 11 is 11.2. The van der Waals surface area contributed by atoms with Gasteiger partial charge in [0.25, 0.3) is 0 Å². The summed E-state index contributed by atoms with van der Waals surface area (Å²) < 4.78 is 3.25. The highest BCUT2D eigenvalue weighted by molar-refractivity contribution is 9.11. The number of primary amides is 1. The molecule has 1 aliphatic carbocycles. The number of aromatic nitrogens is 1. The minimum absolute atomic E-state index is 0.212. The Hall–Kier alpha value is -1.45. The molecule has 3 amide bonds. The zero-order valence-electron chi connectivity index (χ0n) is 20.2. The monoisotopic (exact) mass is 680 g/mol. The van der Waals surface area contributed by atoms with E-state index in [2.05, 4.69) is 70.9 Å². The van der Waals surface area contributed by atoms with Crippen molar-refractivity contribution < 1.29 is 9.59 Å². The predicted molar refractivity (Wildman–Crippen MR) is 151 cm³/mol. The third-order valence-corrected chi connectivity index (χ3v) is 9.72. The fourth-order valence-electron chi connectivity index (χ4n) is 6.25. The third kappa shape index (κ3) is 5.53. The number of carbonyl (C=O) groups is 2. The Morgan fingerprint density at radius 1 is 0.889 bits per heavy atom. The number of halogens is 3. The molecule has 6 nitrogen and oxygen atoms in total. The number of nitrogens with two attached hydrogens (primary N) is 1. The van der Waals surface area contributed by atoms with E-state index in [4.69, 9.17) is 10.7 Å². The van der Waals surface area contributed by atoms with Crippen LogP contribution in [0, 0.1) is 11.8 Å². The minimum atomic E-state index is -0.357. The summed E-state index contributed by atoms with van der Waals surface area (Å²) in [7, 11) is 0. The number of hydrogen-bond acceptors (Lipinski definition) is 3. The molecule has 0 bridgehead atoms. The van der Waals surface area contributed by atoms with E-state index in [0.29, 0.717) is 31.3 Å². The molecule has 192 valence electrons. The number of likely N-dealkylation sites (tertiary alicyclic amines) is 2. The summed E-state index contributed by atoms with van der Waals surface area (Å²) in [6.45, 7) is 2.89. The Bertz CT molecular complexity index is 1160. The predicted octanol–water partition coefficient (Wildman–Crippen LogP) is 6.02. The Balaban J connectivity index is 1.31. The Kier molecular flexibility index (Phi) is 8.08. The molecule has 2 saturated heterocycles. The van der Waals surface area contributed by atoms with Crippen LogP contribution in [-0.4, -0.2) is 52.9 Å². The van der Waals surface area contributed by atoms with Crippen molar-refractivity contribution in [3.63, 3.8) is 0 Å². The SMILES string of the molecule is NC(=O)N1CCC(CC(=O)N2CCC(C3c4ncc(Br)cc4CCc4cc(Br)cc(Br)c43)CC2)CC1. The molecule has 2 N–H and O–H groups in total. The van der Waals surface area contributed by atoms with Crippen molar-refractivity contribution in [2.45, 2.75) is 50.9 Å². The first-order valence-electron chi connectivity index (χ1n) is 12.7. The molecule has 3 heterocycles. The lowest BCUT2D eigenvalue weighted by molar-refractivity contribution is -0.134. The fraction of sp³-hybridized carbons (Fsp3) is 0.519. The average Bonchev–Trinajstić information content (AvgIpc) is 3.01. The molecular formula is C27H31Br3N4O2. The number of carbonyl (C=O) groups excluding carboxylic acids is 2. The van der Waals surface area contributed by atoms with Crippen LogP contribution in [0.1, 0.15) is 60.4 Å². The number of piperidine rings is 2. The molecule has 1 unspecified atom stereocenters. The van der Waals surface area contributed by atoms with Gasteiger partial charge in [-0.3, -0.25) is 9.78 Å². The summed E-state index contributed by atoms with van der Waals surface area (Å²) in [5, 5.41) is 0. The zero-order valence-corrected chi connectivity index (χ0v) is 24.9.